The summed E-state index contributed by atoms with van der Waals surface area (Å²) < 4.78 is 1.62. The molecule has 0 radical (unpaired) electrons. The Balaban J connectivity index is 2.30. The first kappa shape index (κ1) is 13.1. The quantitative estimate of drug-likeness (QED) is 0.856. The largest absolute Gasteiger partial charge is 0.397 e. The number of carbonyl (C=O) groups excluding carboxylic acids is 1. The molecular weight excluding hydrogens is 240 g/mol. The Morgan fingerprint density at radius 1 is 1.32 bits per heavy atom. The Kier molecular flexibility index (Phi) is 3.55. The van der Waals surface area contributed by atoms with Crippen LogP contribution in [-0.4, -0.2) is 33.7 Å². The topological polar surface area (TPSA) is 64.2 Å². The van der Waals surface area contributed by atoms with Crippen LogP contribution in [0.2, 0.25) is 0 Å². The van der Waals surface area contributed by atoms with Gasteiger partial charge in [0.2, 0.25) is 0 Å². The molecule has 0 atom stereocenters. The van der Waals surface area contributed by atoms with Gasteiger partial charge in [-0.25, -0.2) is 4.68 Å². The Labute approximate surface area is 112 Å². The van der Waals surface area contributed by atoms with Gasteiger partial charge in [0.15, 0.2) is 5.69 Å². The average Bonchev–Trinajstić information content (AvgIpc) is 2.86. The second-order valence-corrected chi connectivity index (χ2v) is 4.71. The standard InChI is InChI=1S/C14H18N4O/c1-10(2)17(3)14(19)12-8-9-18(16-12)13-7-5-4-6-11(13)15/h4-10H,15H2,1-3H3. The number of amides is 1. The van der Waals surface area contributed by atoms with Crippen molar-refractivity contribution in [2.24, 2.45) is 0 Å². The van der Waals surface area contributed by atoms with E-state index in [1.807, 2.05) is 32.0 Å². The third-order valence-electron chi connectivity index (χ3n) is 3.09. The lowest BCUT2D eigenvalue weighted by atomic mass is 10.3. The number of aromatic nitrogens is 2. The lowest BCUT2D eigenvalue weighted by molar-refractivity contribution is 0.0748. The van der Waals surface area contributed by atoms with E-state index in [0.29, 0.717) is 11.4 Å². The maximum atomic E-state index is 12.1. The minimum absolute atomic E-state index is 0.0942. The van der Waals surface area contributed by atoms with Crippen LogP contribution in [0.3, 0.4) is 0 Å². The minimum atomic E-state index is -0.0942. The van der Waals surface area contributed by atoms with Crippen molar-refractivity contribution in [3.8, 4) is 5.69 Å². The zero-order chi connectivity index (χ0) is 14.0. The van der Waals surface area contributed by atoms with Gasteiger partial charge in [0.05, 0.1) is 11.4 Å². The Hall–Kier alpha value is -2.30. The zero-order valence-corrected chi connectivity index (χ0v) is 11.4. The number of nitrogen functional groups attached to an aromatic ring is 1. The number of carbonyl (C=O) groups is 1. The molecule has 1 heterocycles. The second-order valence-electron chi connectivity index (χ2n) is 4.71. The van der Waals surface area contributed by atoms with Gasteiger partial charge in [0, 0.05) is 19.3 Å². The monoisotopic (exact) mass is 258 g/mol. The first-order valence-corrected chi connectivity index (χ1v) is 6.18. The molecule has 0 unspecified atom stereocenters. The lowest BCUT2D eigenvalue weighted by Crippen LogP contribution is -2.33. The lowest BCUT2D eigenvalue weighted by Gasteiger charge is -2.20. The Morgan fingerprint density at radius 3 is 2.63 bits per heavy atom. The number of nitrogens with zero attached hydrogens (tertiary/aromatic N) is 3. The van der Waals surface area contributed by atoms with Crippen LogP contribution in [0.4, 0.5) is 5.69 Å². The van der Waals surface area contributed by atoms with E-state index in [1.165, 1.54) is 0 Å². The number of benzene rings is 1. The van der Waals surface area contributed by atoms with Crippen LogP contribution in [0.15, 0.2) is 36.5 Å². The molecule has 5 nitrogen and oxygen atoms in total. The first-order chi connectivity index (χ1) is 9.00. The molecular formula is C14H18N4O. The summed E-state index contributed by atoms with van der Waals surface area (Å²) in [5, 5.41) is 4.29. The highest BCUT2D eigenvalue weighted by molar-refractivity contribution is 5.92. The second kappa shape index (κ2) is 5.14. The van der Waals surface area contributed by atoms with E-state index in [1.54, 1.807) is 35.0 Å². The van der Waals surface area contributed by atoms with E-state index < -0.39 is 0 Å². The predicted molar refractivity (Wildman–Crippen MR) is 75.2 cm³/mol. The van der Waals surface area contributed by atoms with Crippen molar-refractivity contribution < 1.29 is 4.79 Å². The number of para-hydroxylation sites is 2. The van der Waals surface area contributed by atoms with E-state index in [9.17, 15) is 4.79 Å². The molecule has 0 saturated carbocycles. The van der Waals surface area contributed by atoms with Crippen molar-refractivity contribution >= 4 is 11.6 Å². The molecule has 1 amide bonds. The average molecular weight is 258 g/mol. The van der Waals surface area contributed by atoms with Gasteiger partial charge in [0.1, 0.15) is 0 Å². The molecule has 0 fully saturated rings. The fraction of sp³-hybridized carbons (Fsp3) is 0.286. The molecule has 0 aliphatic rings. The number of hydrogen-bond donors (Lipinski definition) is 1. The molecule has 2 rings (SSSR count). The molecule has 2 aromatic rings. The van der Waals surface area contributed by atoms with Crippen molar-refractivity contribution in [3.63, 3.8) is 0 Å². The van der Waals surface area contributed by atoms with Crippen molar-refractivity contribution in [1.29, 1.82) is 0 Å². The smallest absolute Gasteiger partial charge is 0.274 e. The van der Waals surface area contributed by atoms with Gasteiger partial charge in [-0.1, -0.05) is 12.1 Å². The molecule has 1 aromatic heterocycles. The highest BCUT2D eigenvalue weighted by Crippen LogP contribution is 2.16. The van der Waals surface area contributed by atoms with E-state index in [-0.39, 0.29) is 11.9 Å². The highest BCUT2D eigenvalue weighted by atomic mass is 16.2. The number of nitrogens with two attached hydrogens (primary N) is 1. The van der Waals surface area contributed by atoms with Crippen LogP contribution in [0.5, 0.6) is 0 Å². The fourth-order valence-electron chi connectivity index (χ4n) is 1.68. The van der Waals surface area contributed by atoms with Crippen LogP contribution in [0.25, 0.3) is 5.69 Å². The van der Waals surface area contributed by atoms with Gasteiger partial charge >= 0.3 is 0 Å². The molecule has 100 valence electrons. The molecule has 19 heavy (non-hydrogen) atoms. The van der Waals surface area contributed by atoms with Crippen LogP contribution in [-0.2, 0) is 0 Å². The molecule has 1 aromatic carbocycles. The van der Waals surface area contributed by atoms with Crippen molar-refractivity contribution in [2.75, 3.05) is 12.8 Å². The van der Waals surface area contributed by atoms with Gasteiger partial charge in [-0.3, -0.25) is 4.79 Å². The van der Waals surface area contributed by atoms with Gasteiger partial charge < -0.3 is 10.6 Å². The summed E-state index contributed by atoms with van der Waals surface area (Å²) in [4.78, 5) is 13.8. The maximum absolute atomic E-state index is 12.1. The summed E-state index contributed by atoms with van der Waals surface area (Å²) in [5.41, 5.74) is 7.70. The SMILES string of the molecule is CC(C)N(C)C(=O)c1ccn(-c2ccccc2N)n1. The molecule has 2 N–H and O–H groups in total. The van der Waals surface area contributed by atoms with Crippen LogP contribution in [0.1, 0.15) is 24.3 Å². The number of anilines is 1. The first-order valence-electron chi connectivity index (χ1n) is 6.18. The van der Waals surface area contributed by atoms with Crippen molar-refractivity contribution in [1.82, 2.24) is 14.7 Å². The number of hydrogen-bond acceptors (Lipinski definition) is 3. The van der Waals surface area contributed by atoms with E-state index in [0.717, 1.165) is 5.69 Å². The maximum Gasteiger partial charge on any atom is 0.274 e. The predicted octanol–water partition coefficient (Wildman–Crippen LogP) is 1.93. The third-order valence-corrected chi connectivity index (χ3v) is 3.09. The molecule has 0 bridgehead atoms. The minimum Gasteiger partial charge on any atom is -0.397 e. The number of rotatable bonds is 3. The highest BCUT2D eigenvalue weighted by Gasteiger charge is 2.17. The van der Waals surface area contributed by atoms with E-state index in [2.05, 4.69) is 5.10 Å². The molecule has 0 aliphatic carbocycles. The Bertz CT molecular complexity index is 589. The normalized spacial score (nSPS) is 10.7. The van der Waals surface area contributed by atoms with Gasteiger partial charge in [-0.15, -0.1) is 0 Å². The fourth-order valence-corrected chi connectivity index (χ4v) is 1.68. The van der Waals surface area contributed by atoms with Gasteiger partial charge in [-0.05, 0) is 32.0 Å². The van der Waals surface area contributed by atoms with Crippen molar-refractivity contribution in [2.45, 2.75) is 19.9 Å². The Morgan fingerprint density at radius 2 is 2.00 bits per heavy atom. The zero-order valence-electron chi connectivity index (χ0n) is 11.4. The summed E-state index contributed by atoms with van der Waals surface area (Å²) in [5.74, 6) is -0.0942. The van der Waals surface area contributed by atoms with E-state index in [4.69, 9.17) is 5.73 Å². The van der Waals surface area contributed by atoms with Gasteiger partial charge in [0.25, 0.3) is 5.91 Å². The van der Waals surface area contributed by atoms with Crippen LogP contribution < -0.4 is 5.73 Å². The summed E-state index contributed by atoms with van der Waals surface area (Å²) >= 11 is 0. The summed E-state index contributed by atoms with van der Waals surface area (Å²) in [6, 6.07) is 9.25. The van der Waals surface area contributed by atoms with E-state index >= 15 is 0 Å². The molecule has 0 saturated heterocycles. The third kappa shape index (κ3) is 2.59. The molecule has 0 aliphatic heterocycles. The van der Waals surface area contributed by atoms with Crippen LogP contribution >= 0.6 is 0 Å². The summed E-state index contributed by atoms with van der Waals surface area (Å²) in [7, 11) is 1.77. The summed E-state index contributed by atoms with van der Waals surface area (Å²) in [6.07, 6.45) is 1.74. The molecule has 5 heteroatoms. The van der Waals surface area contributed by atoms with Gasteiger partial charge in [-0.2, -0.15) is 5.10 Å². The van der Waals surface area contributed by atoms with Crippen molar-refractivity contribution in [3.05, 3.63) is 42.2 Å². The molecule has 0 spiro atoms. The summed E-state index contributed by atoms with van der Waals surface area (Å²) in [6.45, 7) is 3.92. The van der Waals surface area contributed by atoms with Crippen LogP contribution in [0, 0.1) is 0 Å².